The van der Waals surface area contributed by atoms with Crippen LogP contribution in [0.1, 0.15) is 52.4 Å². The summed E-state index contributed by atoms with van der Waals surface area (Å²) in [5.74, 6) is -0.143. The number of hydrogen-bond acceptors (Lipinski definition) is 5. The van der Waals surface area contributed by atoms with Gasteiger partial charge in [-0.25, -0.2) is 0 Å². The molecule has 0 heterocycles. The summed E-state index contributed by atoms with van der Waals surface area (Å²) in [4.78, 5) is 11.9. The average Bonchev–Trinajstić information content (AvgIpc) is 2.45. The molecule has 6 heteroatoms. The number of esters is 1. The summed E-state index contributed by atoms with van der Waals surface area (Å²) in [6.45, 7) is 4.63. The van der Waals surface area contributed by atoms with E-state index in [1.54, 1.807) is 0 Å². The van der Waals surface area contributed by atoms with E-state index in [9.17, 15) is 4.79 Å². The smallest absolute Gasteiger partial charge is 0.308 e. The predicted octanol–water partition coefficient (Wildman–Crippen LogP) is 1.89. The molecule has 123 valence electrons. The first-order valence-electron chi connectivity index (χ1n) is 7.69. The number of aliphatic hydroxyl groups excluding tert-OH is 2. The standard InChI is InChI=1S/C15H30O5.Y/c1-3-5-6-13(4-2)15(18)20-11-8-14(7-9-16)19-12-10-17;/h13-14,16-17H,3-12H2,1-2H3;. The van der Waals surface area contributed by atoms with Crippen LogP contribution < -0.4 is 0 Å². The minimum absolute atomic E-state index is 0. The van der Waals surface area contributed by atoms with Gasteiger partial charge in [-0.3, -0.25) is 4.79 Å². The molecule has 0 aromatic heterocycles. The van der Waals surface area contributed by atoms with Crippen LogP contribution in [0.25, 0.3) is 0 Å². The number of hydrogen-bond donors (Lipinski definition) is 2. The van der Waals surface area contributed by atoms with Gasteiger partial charge in [0.05, 0.1) is 31.8 Å². The van der Waals surface area contributed by atoms with E-state index in [0.29, 0.717) is 19.4 Å². The van der Waals surface area contributed by atoms with Gasteiger partial charge < -0.3 is 19.7 Å². The third kappa shape index (κ3) is 12.7. The van der Waals surface area contributed by atoms with E-state index in [1.165, 1.54) is 0 Å². The van der Waals surface area contributed by atoms with Crippen LogP contribution in [0, 0.1) is 5.92 Å². The Morgan fingerprint density at radius 1 is 1.05 bits per heavy atom. The molecule has 1 radical (unpaired) electrons. The summed E-state index contributed by atoms with van der Waals surface area (Å²) < 4.78 is 10.6. The second-order valence-corrected chi connectivity index (χ2v) is 4.93. The van der Waals surface area contributed by atoms with E-state index in [4.69, 9.17) is 19.7 Å². The monoisotopic (exact) mass is 379 g/mol. The van der Waals surface area contributed by atoms with Crippen molar-refractivity contribution in [1.82, 2.24) is 0 Å². The fourth-order valence-corrected chi connectivity index (χ4v) is 2.02. The van der Waals surface area contributed by atoms with E-state index in [1.807, 2.05) is 6.92 Å². The van der Waals surface area contributed by atoms with Crippen LogP contribution in [0.4, 0.5) is 0 Å². The number of carbonyl (C=O) groups is 1. The Kier molecular flexibility index (Phi) is 19.0. The Morgan fingerprint density at radius 3 is 2.29 bits per heavy atom. The Balaban J connectivity index is 0. The van der Waals surface area contributed by atoms with Gasteiger partial charge in [0.2, 0.25) is 0 Å². The fourth-order valence-electron chi connectivity index (χ4n) is 2.02. The zero-order valence-corrected chi connectivity index (χ0v) is 16.3. The van der Waals surface area contributed by atoms with E-state index in [2.05, 4.69) is 6.92 Å². The van der Waals surface area contributed by atoms with Gasteiger partial charge in [-0.1, -0.05) is 26.7 Å². The molecular weight excluding hydrogens is 349 g/mol. The number of unbranched alkanes of at least 4 members (excludes halogenated alkanes) is 1. The molecule has 2 N–H and O–H groups in total. The van der Waals surface area contributed by atoms with Gasteiger partial charge in [0.1, 0.15) is 0 Å². The Morgan fingerprint density at radius 2 is 1.76 bits per heavy atom. The van der Waals surface area contributed by atoms with Crippen LogP contribution in [-0.4, -0.2) is 48.7 Å². The molecule has 0 spiro atoms. The van der Waals surface area contributed by atoms with Gasteiger partial charge in [0.15, 0.2) is 0 Å². The van der Waals surface area contributed by atoms with Crippen LogP contribution in [0.5, 0.6) is 0 Å². The first-order chi connectivity index (χ1) is 9.69. The van der Waals surface area contributed by atoms with Crippen molar-refractivity contribution in [1.29, 1.82) is 0 Å². The van der Waals surface area contributed by atoms with Gasteiger partial charge in [-0.15, -0.1) is 0 Å². The van der Waals surface area contributed by atoms with Gasteiger partial charge >= 0.3 is 5.97 Å². The SMILES string of the molecule is CCCCC(CC)C(=O)OCCC(CCO)OCCO.[Y]. The Hall–Kier alpha value is 0.454. The van der Waals surface area contributed by atoms with Crippen molar-refractivity contribution in [3.63, 3.8) is 0 Å². The zero-order chi connectivity index (χ0) is 15.2. The van der Waals surface area contributed by atoms with Crippen molar-refractivity contribution >= 4 is 5.97 Å². The minimum atomic E-state index is -0.171. The van der Waals surface area contributed by atoms with Crippen LogP contribution in [-0.2, 0) is 47.0 Å². The summed E-state index contributed by atoms with van der Waals surface area (Å²) in [6, 6.07) is 0. The molecule has 0 saturated heterocycles. The van der Waals surface area contributed by atoms with Crippen LogP contribution in [0.2, 0.25) is 0 Å². The van der Waals surface area contributed by atoms with Crippen molar-refractivity contribution in [3.05, 3.63) is 0 Å². The van der Waals surface area contributed by atoms with Gasteiger partial charge in [0.25, 0.3) is 0 Å². The first-order valence-corrected chi connectivity index (χ1v) is 7.69. The summed E-state index contributed by atoms with van der Waals surface area (Å²) >= 11 is 0. The van der Waals surface area contributed by atoms with E-state index in [-0.39, 0.29) is 70.5 Å². The predicted molar refractivity (Wildman–Crippen MR) is 77.4 cm³/mol. The van der Waals surface area contributed by atoms with Gasteiger partial charge in [-0.2, -0.15) is 0 Å². The van der Waals surface area contributed by atoms with E-state index in [0.717, 1.165) is 25.7 Å². The van der Waals surface area contributed by atoms with Crippen molar-refractivity contribution in [2.45, 2.75) is 58.5 Å². The van der Waals surface area contributed by atoms with Crippen molar-refractivity contribution in [2.24, 2.45) is 5.92 Å². The normalized spacial score (nSPS) is 13.3. The third-order valence-corrected chi connectivity index (χ3v) is 3.31. The molecule has 0 fully saturated rings. The van der Waals surface area contributed by atoms with Crippen molar-refractivity contribution in [3.8, 4) is 0 Å². The third-order valence-electron chi connectivity index (χ3n) is 3.31. The molecule has 0 rings (SSSR count). The molecular formula is C15H30O5Y. The van der Waals surface area contributed by atoms with Gasteiger partial charge in [-0.05, 0) is 19.3 Å². The molecule has 2 unspecified atom stereocenters. The fraction of sp³-hybridized carbons (Fsp3) is 0.933. The summed E-state index contributed by atoms with van der Waals surface area (Å²) in [7, 11) is 0. The maximum atomic E-state index is 11.9. The van der Waals surface area contributed by atoms with Gasteiger partial charge in [0, 0.05) is 45.7 Å². The number of aliphatic hydroxyl groups is 2. The van der Waals surface area contributed by atoms with E-state index < -0.39 is 0 Å². The van der Waals surface area contributed by atoms with E-state index >= 15 is 0 Å². The molecule has 0 aliphatic heterocycles. The molecule has 5 nitrogen and oxygen atoms in total. The summed E-state index contributed by atoms with van der Waals surface area (Å²) in [5, 5.41) is 17.6. The molecule has 0 aromatic carbocycles. The molecule has 0 aliphatic carbocycles. The molecule has 0 saturated carbocycles. The largest absolute Gasteiger partial charge is 0.465 e. The number of rotatable bonds is 13. The average molecular weight is 379 g/mol. The summed E-state index contributed by atoms with van der Waals surface area (Å²) in [6.07, 6.45) is 4.68. The molecule has 0 bridgehead atoms. The topological polar surface area (TPSA) is 76.0 Å². The summed E-state index contributed by atoms with van der Waals surface area (Å²) in [5.41, 5.74) is 0. The Labute approximate surface area is 153 Å². The molecule has 0 amide bonds. The zero-order valence-electron chi connectivity index (χ0n) is 13.4. The maximum Gasteiger partial charge on any atom is 0.308 e. The van der Waals surface area contributed by atoms with Crippen LogP contribution in [0.3, 0.4) is 0 Å². The first kappa shape index (κ1) is 23.7. The van der Waals surface area contributed by atoms with Crippen LogP contribution in [0.15, 0.2) is 0 Å². The van der Waals surface area contributed by atoms with Crippen LogP contribution >= 0.6 is 0 Å². The molecule has 2 atom stereocenters. The number of ether oxygens (including phenoxy) is 2. The molecule has 0 aromatic rings. The Bertz CT molecular complexity index is 238. The molecule has 0 aliphatic rings. The second kappa shape index (κ2) is 16.8. The second-order valence-electron chi connectivity index (χ2n) is 4.93. The molecule has 21 heavy (non-hydrogen) atoms. The minimum Gasteiger partial charge on any atom is -0.465 e. The van der Waals surface area contributed by atoms with Crippen molar-refractivity contribution < 1.29 is 57.2 Å². The quantitative estimate of drug-likeness (QED) is 0.478. The number of carbonyl (C=O) groups excluding carboxylic acids is 1. The maximum absolute atomic E-state index is 11.9. The van der Waals surface area contributed by atoms with Crippen molar-refractivity contribution in [2.75, 3.05) is 26.4 Å².